The van der Waals surface area contributed by atoms with Gasteiger partial charge in [-0.2, -0.15) is 5.10 Å². The van der Waals surface area contributed by atoms with Crippen LogP contribution in [0.25, 0.3) is 16.3 Å². The molecule has 1 heterocycles. The molecule has 4 nitrogen and oxygen atoms in total. The van der Waals surface area contributed by atoms with Crippen LogP contribution < -0.4 is 5.43 Å². The Labute approximate surface area is 162 Å². The van der Waals surface area contributed by atoms with Crippen LogP contribution in [-0.2, 0) is 4.79 Å². The molecule has 0 saturated heterocycles. The quantitative estimate of drug-likeness (QED) is 0.342. The van der Waals surface area contributed by atoms with Crippen LogP contribution in [0.2, 0.25) is 0 Å². The molecule has 0 bridgehead atoms. The molecular formula is C18H14BrN3OS2. The number of benzene rings is 2. The summed E-state index contributed by atoms with van der Waals surface area (Å²) in [6.07, 6.45) is 3.48. The Morgan fingerprint density at radius 3 is 2.76 bits per heavy atom. The van der Waals surface area contributed by atoms with Crippen molar-refractivity contribution in [3.8, 4) is 0 Å². The number of fused-ring (bicyclic) bond motifs is 1. The SMILES string of the molecule is O=C(CSc1nc2ccccc2s1)NN=CC(Br)=Cc1ccccc1. The van der Waals surface area contributed by atoms with Crippen LogP contribution in [0.5, 0.6) is 0 Å². The number of thiazole rings is 1. The van der Waals surface area contributed by atoms with Crippen LogP contribution in [0.1, 0.15) is 5.56 Å². The van der Waals surface area contributed by atoms with E-state index >= 15 is 0 Å². The van der Waals surface area contributed by atoms with Gasteiger partial charge in [0.15, 0.2) is 4.34 Å². The van der Waals surface area contributed by atoms with E-state index in [2.05, 4.69) is 31.4 Å². The normalized spacial score (nSPS) is 12.0. The van der Waals surface area contributed by atoms with E-state index in [1.807, 2.05) is 60.7 Å². The van der Waals surface area contributed by atoms with E-state index < -0.39 is 0 Å². The molecule has 0 saturated carbocycles. The molecule has 2 aromatic carbocycles. The van der Waals surface area contributed by atoms with Gasteiger partial charge >= 0.3 is 0 Å². The lowest BCUT2D eigenvalue weighted by molar-refractivity contribution is -0.118. The van der Waals surface area contributed by atoms with Crippen molar-refractivity contribution in [2.75, 3.05) is 5.75 Å². The van der Waals surface area contributed by atoms with Crippen LogP contribution in [0, 0.1) is 0 Å². The van der Waals surface area contributed by atoms with Crippen molar-refractivity contribution in [3.05, 3.63) is 64.6 Å². The van der Waals surface area contributed by atoms with Crippen LogP contribution in [-0.4, -0.2) is 22.9 Å². The largest absolute Gasteiger partial charge is 0.272 e. The van der Waals surface area contributed by atoms with E-state index in [1.165, 1.54) is 11.8 Å². The Hall–Kier alpha value is -1.96. The molecule has 1 amide bonds. The zero-order valence-corrected chi connectivity index (χ0v) is 16.3. The monoisotopic (exact) mass is 431 g/mol. The maximum absolute atomic E-state index is 11.9. The minimum Gasteiger partial charge on any atom is -0.272 e. The van der Waals surface area contributed by atoms with Crippen molar-refractivity contribution in [2.45, 2.75) is 4.34 Å². The number of carbonyl (C=O) groups excluding carboxylic acids is 1. The van der Waals surface area contributed by atoms with Gasteiger partial charge in [-0.3, -0.25) is 4.79 Å². The summed E-state index contributed by atoms with van der Waals surface area (Å²) in [7, 11) is 0. The van der Waals surface area contributed by atoms with E-state index in [0.717, 1.165) is 24.6 Å². The first-order chi connectivity index (χ1) is 12.2. The standard InChI is InChI=1S/C18H14BrN3OS2/c19-14(10-13-6-2-1-3-7-13)11-20-22-17(23)12-24-18-21-15-8-4-5-9-16(15)25-18/h1-11H,12H2,(H,22,23). The third-order valence-electron chi connectivity index (χ3n) is 3.08. The maximum atomic E-state index is 11.9. The fourth-order valence-electron chi connectivity index (χ4n) is 1.98. The van der Waals surface area contributed by atoms with E-state index in [4.69, 9.17) is 0 Å². The first-order valence-corrected chi connectivity index (χ1v) is 10.0. The number of nitrogens with one attached hydrogen (secondary N) is 1. The molecule has 25 heavy (non-hydrogen) atoms. The minimum absolute atomic E-state index is 0.166. The number of aromatic nitrogens is 1. The van der Waals surface area contributed by atoms with Crippen molar-refractivity contribution in [1.29, 1.82) is 0 Å². The molecule has 0 aliphatic carbocycles. The molecule has 0 fully saturated rings. The average molecular weight is 432 g/mol. The fraction of sp³-hybridized carbons (Fsp3) is 0.0556. The van der Waals surface area contributed by atoms with Gasteiger partial charge in [0, 0.05) is 4.48 Å². The first kappa shape index (κ1) is 17.8. The van der Waals surface area contributed by atoms with Gasteiger partial charge in [0.05, 0.1) is 22.2 Å². The molecule has 0 aliphatic heterocycles. The number of amides is 1. The summed E-state index contributed by atoms with van der Waals surface area (Å²) < 4.78 is 2.78. The average Bonchev–Trinajstić information content (AvgIpc) is 3.04. The van der Waals surface area contributed by atoms with Gasteiger partial charge < -0.3 is 0 Å². The van der Waals surface area contributed by atoms with Crippen LogP contribution >= 0.6 is 39.0 Å². The van der Waals surface area contributed by atoms with Gasteiger partial charge in [0.1, 0.15) is 0 Å². The zero-order chi connectivity index (χ0) is 17.5. The molecular weight excluding hydrogens is 418 g/mol. The predicted octanol–water partition coefficient (Wildman–Crippen LogP) is 4.93. The topological polar surface area (TPSA) is 54.4 Å². The van der Waals surface area contributed by atoms with Gasteiger partial charge in [0.25, 0.3) is 5.91 Å². The van der Waals surface area contributed by atoms with E-state index in [0.29, 0.717) is 0 Å². The molecule has 0 aliphatic rings. The molecule has 126 valence electrons. The van der Waals surface area contributed by atoms with Crippen LogP contribution in [0.3, 0.4) is 0 Å². The summed E-state index contributed by atoms with van der Waals surface area (Å²) in [4.78, 5) is 16.4. The predicted molar refractivity (Wildman–Crippen MR) is 110 cm³/mol. The molecule has 1 N–H and O–H groups in total. The van der Waals surface area contributed by atoms with Crippen molar-refractivity contribution in [1.82, 2.24) is 10.4 Å². The van der Waals surface area contributed by atoms with Crippen LogP contribution in [0.15, 0.2) is 68.5 Å². The molecule has 3 aromatic rings. The summed E-state index contributed by atoms with van der Waals surface area (Å²) in [6, 6.07) is 17.8. The summed E-state index contributed by atoms with van der Waals surface area (Å²) in [5, 5.41) is 3.95. The zero-order valence-electron chi connectivity index (χ0n) is 13.1. The van der Waals surface area contributed by atoms with E-state index in [9.17, 15) is 4.79 Å². The second kappa shape index (κ2) is 8.94. The lowest BCUT2D eigenvalue weighted by Gasteiger charge is -1.97. The van der Waals surface area contributed by atoms with Gasteiger partial charge in [-0.25, -0.2) is 10.4 Å². The minimum atomic E-state index is -0.166. The fourth-order valence-corrected chi connectivity index (χ4v) is 4.21. The maximum Gasteiger partial charge on any atom is 0.250 e. The Morgan fingerprint density at radius 2 is 1.96 bits per heavy atom. The summed E-state index contributed by atoms with van der Waals surface area (Å²) in [5.41, 5.74) is 4.53. The van der Waals surface area contributed by atoms with E-state index in [1.54, 1.807) is 17.6 Å². The number of halogens is 1. The molecule has 0 spiro atoms. The van der Waals surface area contributed by atoms with Crippen molar-refractivity contribution < 1.29 is 4.79 Å². The third kappa shape index (κ3) is 5.52. The van der Waals surface area contributed by atoms with Gasteiger partial charge in [-0.1, -0.05) is 54.2 Å². The summed E-state index contributed by atoms with van der Waals surface area (Å²) in [6.45, 7) is 0. The number of carbonyl (C=O) groups is 1. The molecule has 0 atom stereocenters. The van der Waals surface area contributed by atoms with Gasteiger partial charge in [0.2, 0.25) is 0 Å². The second-order valence-electron chi connectivity index (χ2n) is 4.97. The number of hydrogen-bond acceptors (Lipinski definition) is 5. The highest BCUT2D eigenvalue weighted by Crippen LogP contribution is 2.28. The Kier molecular flexibility index (Phi) is 6.38. The number of thioether (sulfide) groups is 1. The number of para-hydroxylation sites is 1. The number of nitrogens with zero attached hydrogens (tertiary/aromatic N) is 2. The number of hydrogen-bond donors (Lipinski definition) is 1. The van der Waals surface area contributed by atoms with Crippen LogP contribution in [0.4, 0.5) is 0 Å². The van der Waals surface area contributed by atoms with Crippen molar-refractivity contribution in [3.63, 3.8) is 0 Å². The summed E-state index contributed by atoms with van der Waals surface area (Å²) >= 11 is 6.40. The molecule has 0 unspecified atom stereocenters. The third-order valence-corrected chi connectivity index (χ3v) is 5.70. The number of hydrazone groups is 1. The van der Waals surface area contributed by atoms with Gasteiger partial charge in [-0.05, 0) is 39.7 Å². The van der Waals surface area contributed by atoms with Crippen molar-refractivity contribution >= 4 is 67.4 Å². The van der Waals surface area contributed by atoms with E-state index in [-0.39, 0.29) is 11.7 Å². The summed E-state index contributed by atoms with van der Waals surface area (Å²) in [5.74, 6) is 0.109. The lowest BCUT2D eigenvalue weighted by Crippen LogP contribution is -2.19. The lowest BCUT2D eigenvalue weighted by atomic mass is 10.2. The Bertz CT molecular complexity index is 889. The number of rotatable bonds is 6. The smallest absolute Gasteiger partial charge is 0.250 e. The molecule has 1 aromatic heterocycles. The molecule has 3 rings (SSSR count). The highest BCUT2D eigenvalue weighted by molar-refractivity contribution is 9.12. The Balaban J connectivity index is 1.48. The highest BCUT2D eigenvalue weighted by Gasteiger charge is 2.06. The molecule has 0 radical (unpaired) electrons. The second-order valence-corrected chi connectivity index (χ2v) is 8.14. The first-order valence-electron chi connectivity index (χ1n) is 7.43. The van der Waals surface area contributed by atoms with Crippen molar-refractivity contribution in [2.24, 2.45) is 5.10 Å². The highest BCUT2D eigenvalue weighted by atomic mass is 79.9. The Morgan fingerprint density at radius 1 is 1.20 bits per heavy atom. The van der Waals surface area contributed by atoms with Gasteiger partial charge in [-0.15, -0.1) is 11.3 Å². The number of allylic oxidation sites excluding steroid dienone is 1. The molecule has 7 heteroatoms.